The molecule has 0 fully saturated rings. The van der Waals surface area contributed by atoms with Gasteiger partial charge < -0.3 is 9.47 Å². The average molecular weight is 170 g/mol. The Morgan fingerprint density at radius 2 is 2.42 bits per heavy atom. The number of ether oxygens (including phenoxy) is 2. The number of hydrogen-bond acceptors (Lipinski definition) is 3. The Hall–Kier alpha value is -1.16. The molecule has 0 N–H and O–H groups in total. The molecule has 1 aromatic rings. The van der Waals surface area contributed by atoms with Crippen LogP contribution >= 0.6 is 0 Å². The van der Waals surface area contributed by atoms with Crippen LogP contribution in [-0.2, 0) is 4.74 Å². The molecule has 0 atom stereocenters. The lowest BCUT2D eigenvalue weighted by Gasteiger charge is -2.03. The third-order valence-electron chi connectivity index (χ3n) is 1.19. The van der Waals surface area contributed by atoms with Crippen molar-refractivity contribution in [2.24, 2.45) is 0 Å². The van der Waals surface area contributed by atoms with Gasteiger partial charge in [-0.15, -0.1) is 0 Å². The van der Waals surface area contributed by atoms with Crippen molar-refractivity contribution >= 4 is 0 Å². The predicted molar refractivity (Wildman–Crippen MR) is 40.4 cm³/mol. The molecule has 0 aromatic carbocycles. The molecule has 3 nitrogen and oxygen atoms in total. The second kappa shape index (κ2) is 4.66. The zero-order chi connectivity index (χ0) is 8.81. The van der Waals surface area contributed by atoms with E-state index in [-0.39, 0.29) is 0 Å². The standard InChI is InChI=1S/C8H9FNO2/c1-11-2-3-12-8-4-7(9)5-10-6-8/h4,6H,2-3H2,1H3. The van der Waals surface area contributed by atoms with E-state index in [9.17, 15) is 4.39 Å². The van der Waals surface area contributed by atoms with Gasteiger partial charge in [0.15, 0.2) is 5.82 Å². The van der Waals surface area contributed by atoms with Crippen LogP contribution in [0.25, 0.3) is 0 Å². The minimum absolute atomic E-state index is 0.391. The second-order valence-corrected chi connectivity index (χ2v) is 2.11. The normalized spacial score (nSPS) is 9.83. The van der Waals surface area contributed by atoms with E-state index >= 15 is 0 Å². The topological polar surface area (TPSA) is 31.4 Å². The molecule has 4 heteroatoms. The first kappa shape index (κ1) is 8.93. The summed E-state index contributed by atoms with van der Waals surface area (Å²) >= 11 is 0. The van der Waals surface area contributed by atoms with Crippen LogP contribution in [0.1, 0.15) is 0 Å². The number of rotatable bonds is 4. The van der Waals surface area contributed by atoms with Crippen molar-refractivity contribution in [3.63, 3.8) is 0 Å². The van der Waals surface area contributed by atoms with Crippen LogP contribution in [0.15, 0.2) is 12.3 Å². The van der Waals surface area contributed by atoms with Gasteiger partial charge in [-0.25, -0.2) is 9.37 Å². The maximum atomic E-state index is 12.4. The third kappa shape index (κ3) is 2.84. The van der Waals surface area contributed by atoms with Gasteiger partial charge in [-0.3, -0.25) is 0 Å². The van der Waals surface area contributed by atoms with Gasteiger partial charge >= 0.3 is 0 Å². The number of nitrogens with zero attached hydrogens (tertiary/aromatic N) is 1. The van der Waals surface area contributed by atoms with Crippen LogP contribution in [0.3, 0.4) is 0 Å². The Labute approximate surface area is 70.1 Å². The van der Waals surface area contributed by atoms with Gasteiger partial charge in [-0.1, -0.05) is 0 Å². The molecule has 1 radical (unpaired) electrons. The molecule has 0 aliphatic heterocycles. The molecule has 12 heavy (non-hydrogen) atoms. The van der Waals surface area contributed by atoms with Crippen LogP contribution in [0.4, 0.5) is 4.39 Å². The lowest BCUT2D eigenvalue weighted by molar-refractivity contribution is 0.146. The molecule has 0 bridgehead atoms. The van der Waals surface area contributed by atoms with E-state index in [2.05, 4.69) is 11.2 Å². The molecule has 1 aromatic heterocycles. The van der Waals surface area contributed by atoms with Crippen molar-refractivity contribution in [1.29, 1.82) is 0 Å². The van der Waals surface area contributed by atoms with Crippen LogP contribution in [0, 0.1) is 12.0 Å². The molecule has 0 saturated heterocycles. The summed E-state index contributed by atoms with van der Waals surface area (Å²) in [4.78, 5) is 3.50. The van der Waals surface area contributed by atoms with E-state index in [4.69, 9.17) is 9.47 Å². The smallest absolute Gasteiger partial charge is 0.154 e. The summed E-state index contributed by atoms with van der Waals surface area (Å²) in [6.07, 6.45) is 3.54. The molecular weight excluding hydrogens is 161 g/mol. The highest BCUT2D eigenvalue weighted by Crippen LogP contribution is 2.08. The van der Waals surface area contributed by atoms with Crippen LogP contribution < -0.4 is 4.74 Å². The van der Waals surface area contributed by atoms with Crippen molar-refractivity contribution in [2.45, 2.75) is 0 Å². The minimum atomic E-state index is -0.523. The molecule has 1 heterocycles. The quantitative estimate of drug-likeness (QED) is 0.633. The molecular formula is C8H9FNO2. The minimum Gasteiger partial charge on any atom is -0.489 e. The highest BCUT2D eigenvalue weighted by molar-refractivity contribution is 5.16. The lowest BCUT2D eigenvalue weighted by atomic mass is 10.4. The SMILES string of the molecule is COCCOc1cn[c]c(F)c1. The van der Waals surface area contributed by atoms with Gasteiger partial charge in [0, 0.05) is 13.2 Å². The number of methoxy groups -OCH3 is 1. The number of aromatic nitrogens is 1. The van der Waals surface area contributed by atoms with Crippen molar-refractivity contribution in [1.82, 2.24) is 4.98 Å². The molecule has 65 valence electrons. The first-order chi connectivity index (χ1) is 5.83. The van der Waals surface area contributed by atoms with Gasteiger partial charge in [0.1, 0.15) is 18.6 Å². The second-order valence-electron chi connectivity index (χ2n) is 2.11. The van der Waals surface area contributed by atoms with Crippen molar-refractivity contribution < 1.29 is 13.9 Å². The zero-order valence-corrected chi connectivity index (χ0v) is 6.71. The summed E-state index contributed by atoms with van der Waals surface area (Å²) in [7, 11) is 1.57. The Morgan fingerprint density at radius 3 is 3.08 bits per heavy atom. The zero-order valence-electron chi connectivity index (χ0n) is 6.71. The Bertz CT molecular complexity index is 242. The van der Waals surface area contributed by atoms with E-state index in [0.717, 1.165) is 0 Å². The number of halogens is 1. The number of pyridine rings is 1. The van der Waals surface area contributed by atoms with Crippen molar-refractivity contribution in [2.75, 3.05) is 20.3 Å². The fraction of sp³-hybridized carbons (Fsp3) is 0.375. The average Bonchev–Trinajstić information content (AvgIpc) is 2.05. The molecule has 0 saturated carbocycles. The van der Waals surface area contributed by atoms with Gasteiger partial charge in [-0.05, 0) is 0 Å². The molecule has 0 spiro atoms. The van der Waals surface area contributed by atoms with Gasteiger partial charge in [0.2, 0.25) is 0 Å². The van der Waals surface area contributed by atoms with Crippen molar-refractivity contribution in [3.05, 3.63) is 24.3 Å². The van der Waals surface area contributed by atoms with E-state index in [0.29, 0.717) is 19.0 Å². The highest BCUT2D eigenvalue weighted by atomic mass is 19.1. The van der Waals surface area contributed by atoms with Gasteiger partial charge in [-0.2, -0.15) is 0 Å². The fourth-order valence-corrected chi connectivity index (χ4v) is 0.674. The molecule has 0 amide bonds. The maximum Gasteiger partial charge on any atom is 0.154 e. The largest absolute Gasteiger partial charge is 0.489 e. The van der Waals surface area contributed by atoms with E-state index in [1.165, 1.54) is 12.3 Å². The Kier molecular flexibility index (Phi) is 3.47. The summed E-state index contributed by atoms with van der Waals surface area (Å²) in [5.41, 5.74) is 0. The fourth-order valence-electron chi connectivity index (χ4n) is 0.674. The highest BCUT2D eigenvalue weighted by Gasteiger charge is 1.96. The first-order valence-corrected chi connectivity index (χ1v) is 3.48. The maximum absolute atomic E-state index is 12.4. The first-order valence-electron chi connectivity index (χ1n) is 3.48. The monoisotopic (exact) mass is 170 g/mol. The van der Waals surface area contributed by atoms with Gasteiger partial charge in [0.05, 0.1) is 12.8 Å². The predicted octanol–water partition coefficient (Wildman–Crippen LogP) is 1.05. The van der Waals surface area contributed by atoms with Crippen LogP contribution in [0.2, 0.25) is 0 Å². The van der Waals surface area contributed by atoms with E-state index in [1.54, 1.807) is 7.11 Å². The van der Waals surface area contributed by atoms with Gasteiger partial charge in [0.25, 0.3) is 0 Å². The van der Waals surface area contributed by atoms with E-state index < -0.39 is 5.82 Å². The summed E-state index contributed by atoms with van der Waals surface area (Å²) in [5.74, 6) is -0.131. The summed E-state index contributed by atoms with van der Waals surface area (Å²) in [6, 6.07) is 1.22. The third-order valence-corrected chi connectivity index (χ3v) is 1.19. The molecule has 0 unspecified atom stereocenters. The molecule has 0 aliphatic carbocycles. The number of hydrogen-bond donors (Lipinski definition) is 0. The Balaban J connectivity index is 2.41. The molecule has 1 rings (SSSR count). The molecule has 0 aliphatic rings. The summed E-state index contributed by atoms with van der Waals surface area (Å²) in [5, 5.41) is 0. The lowest BCUT2D eigenvalue weighted by Crippen LogP contribution is -2.04. The van der Waals surface area contributed by atoms with E-state index in [1.807, 2.05) is 0 Å². The summed E-state index contributed by atoms with van der Waals surface area (Å²) < 4.78 is 22.3. The van der Waals surface area contributed by atoms with Crippen LogP contribution in [0.5, 0.6) is 5.75 Å². The van der Waals surface area contributed by atoms with Crippen LogP contribution in [-0.4, -0.2) is 25.3 Å². The Morgan fingerprint density at radius 1 is 1.58 bits per heavy atom. The summed E-state index contributed by atoms with van der Waals surface area (Å²) in [6.45, 7) is 0.863. The van der Waals surface area contributed by atoms with Crippen molar-refractivity contribution in [3.8, 4) is 5.75 Å².